The Morgan fingerprint density at radius 1 is 1.10 bits per heavy atom. The van der Waals surface area contributed by atoms with E-state index in [1.165, 1.54) is 18.3 Å². The van der Waals surface area contributed by atoms with Gasteiger partial charge >= 0.3 is 6.18 Å². The van der Waals surface area contributed by atoms with Crippen molar-refractivity contribution in [1.29, 1.82) is 0 Å². The van der Waals surface area contributed by atoms with Crippen LogP contribution in [0.2, 0.25) is 0 Å². The van der Waals surface area contributed by atoms with E-state index in [1.807, 2.05) is 0 Å². The number of nitrogens with zero attached hydrogens (tertiary/aromatic N) is 1. The first-order valence-corrected chi connectivity index (χ1v) is 11.0. The van der Waals surface area contributed by atoms with Crippen molar-refractivity contribution in [2.75, 3.05) is 5.75 Å². The van der Waals surface area contributed by atoms with Crippen molar-refractivity contribution in [3.8, 4) is 0 Å². The van der Waals surface area contributed by atoms with Gasteiger partial charge in [-0.1, -0.05) is 6.07 Å². The maximum absolute atomic E-state index is 13.1. The van der Waals surface area contributed by atoms with Gasteiger partial charge in [0, 0.05) is 23.9 Å². The zero-order chi connectivity index (χ0) is 21.9. The molecule has 1 amide bonds. The summed E-state index contributed by atoms with van der Waals surface area (Å²) in [6.07, 6.45) is -1.34. The molecule has 10 heteroatoms. The zero-order valence-corrected chi connectivity index (χ0v) is 16.6. The number of halogens is 4. The zero-order valence-electron chi connectivity index (χ0n) is 15.8. The number of rotatable bonds is 5. The van der Waals surface area contributed by atoms with Gasteiger partial charge in [0.05, 0.1) is 16.2 Å². The van der Waals surface area contributed by atoms with Crippen LogP contribution in [0.15, 0.2) is 47.5 Å². The number of amides is 1. The molecular weight excluding hydrogens is 424 g/mol. The summed E-state index contributed by atoms with van der Waals surface area (Å²) in [5.41, 5.74) is -0.848. The quantitative estimate of drug-likeness (QED) is 0.559. The molecule has 0 radical (unpaired) electrons. The molecule has 0 saturated heterocycles. The average molecular weight is 444 g/mol. The van der Waals surface area contributed by atoms with Crippen LogP contribution in [0.5, 0.6) is 0 Å². The summed E-state index contributed by atoms with van der Waals surface area (Å²) >= 11 is 0. The number of aromatic nitrogens is 1. The van der Waals surface area contributed by atoms with Gasteiger partial charge in [-0.25, -0.2) is 13.4 Å². The molecule has 0 bridgehead atoms. The summed E-state index contributed by atoms with van der Waals surface area (Å²) in [5, 5.41) is 2.79. The van der Waals surface area contributed by atoms with Gasteiger partial charge in [-0.3, -0.25) is 4.79 Å². The van der Waals surface area contributed by atoms with Crippen LogP contribution in [0.3, 0.4) is 0 Å². The Morgan fingerprint density at radius 3 is 2.43 bits per heavy atom. The van der Waals surface area contributed by atoms with Gasteiger partial charge in [-0.15, -0.1) is 0 Å². The van der Waals surface area contributed by atoms with Crippen LogP contribution in [-0.4, -0.2) is 31.1 Å². The summed E-state index contributed by atoms with van der Waals surface area (Å²) in [4.78, 5) is 15.2. The number of pyridine rings is 1. The molecule has 1 saturated carbocycles. The van der Waals surface area contributed by atoms with E-state index in [1.54, 1.807) is 0 Å². The molecule has 30 heavy (non-hydrogen) atoms. The number of nitrogens with one attached hydrogen (secondary N) is 1. The van der Waals surface area contributed by atoms with Crippen molar-refractivity contribution < 1.29 is 30.8 Å². The Labute approximate surface area is 171 Å². The highest BCUT2D eigenvalue weighted by Crippen LogP contribution is 2.32. The van der Waals surface area contributed by atoms with Gasteiger partial charge in [0.15, 0.2) is 9.84 Å². The molecule has 1 heterocycles. The van der Waals surface area contributed by atoms with E-state index >= 15 is 0 Å². The predicted molar refractivity (Wildman–Crippen MR) is 101 cm³/mol. The first kappa shape index (κ1) is 22.2. The molecule has 0 spiro atoms. The molecule has 1 aliphatic rings. The van der Waals surface area contributed by atoms with Crippen LogP contribution in [0.25, 0.3) is 0 Å². The number of hydrogen-bond donors (Lipinski definition) is 1. The van der Waals surface area contributed by atoms with E-state index in [9.17, 15) is 30.8 Å². The summed E-state index contributed by atoms with van der Waals surface area (Å²) in [6.45, 7) is 0. The lowest BCUT2D eigenvalue weighted by molar-refractivity contribution is -0.137. The van der Waals surface area contributed by atoms with E-state index in [-0.39, 0.29) is 28.2 Å². The highest BCUT2D eigenvalue weighted by Gasteiger charge is 2.33. The van der Waals surface area contributed by atoms with Crippen molar-refractivity contribution in [3.63, 3.8) is 0 Å². The van der Waals surface area contributed by atoms with E-state index < -0.39 is 33.4 Å². The first-order chi connectivity index (χ1) is 14.0. The minimum absolute atomic E-state index is 0.150. The monoisotopic (exact) mass is 444 g/mol. The third kappa shape index (κ3) is 5.56. The summed E-state index contributed by atoms with van der Waals surface area (Å²) in [7, 11) is -3.87. The van der Waals surface area contributed by atoms with Gasteiger partial charge in [0.2, 0.25) is 5.95 Å². The van der Waals surface area contributed by atoms with Crippen LogP contribution in [-0.2, 0) is 16.0 Å². The van der Waals surface area contributed by atoms with Gasteiger partial charge < -0.3 is 5.32 Å². The van der Waals surface area contributed by atoms with E-state index in [0.717, 1.165) is 18.2 Å². The highest BCUT2D eigenvalue weighted by atomic mass is 32.2. The van der Waals surface area contributed by atoms with Crippen LogP contribution in [0.1, 0.15) is 41.6 Å². The summed E-state index contributed by atoms with van der Waals surface area (Å²) < 4.78 is 76.8. The summed E-state index contributed by atoms with van der Waals surface area (Å²) in [6, 6.07) is 6.00. The molecule has 5 nitrogen and oxygen atoms in total. The number of alkyl halides is 3. The Bertz CT molecular complexity index is 1020. The topological polar surface area (TPSA) is 76.1 Å². The number of hydrogen-bond acceptors (Lipinski definition) is 4. The largest absolute Gasteiger partial charge is 0.416 e. The van der Waals surface area contributed by atoms with Crippen molar-refractivity contribution >= 4 is 15.7 Å². The molecule has 0 unspecified atom stereocenters. The number of carbonyl (C=O) groups excluding carboxylic acids is 1. The number of sulfone groups is 1. The molecule has 1 N–H and O–H groups in total. The second kappa shape index (κ2) is 8.71. The molecular formula is C20H20F4N2O3S. The number of benzene rings is 1. The van der Waals surface area contributed by atoms with Crippen LogP contribution in [0, 0.1) is 11.9 Å². The number of carbonyl (C=O) groups is 1. The van der Waals surface area contributed by atoms with Crippen molar-refractivity contribution in [3.05, 3.63) is 59.7 Å². The maximum Gasteiger partial charge on any atom is 0.416 e. The minimum Gasteiger partial charge on any atom is -0.349 e. The van der Waals surface area contributed by atoms with Crippen LogP contribution >= 0.6 is 0 Å². The fourth-order valence-corrected chi connectivity index (χ4v) is 5.30. The van der Waals surface area contributed by atoms with Gasteiger partial charge in [-0.2, -0.15) is 17.6 Å². The van der Waals surface area contributed by atoms with E-state index in [0.29, 0.717) is 31.7 Å². The van der Waals surface area contributed by atoms with Crippen molar-refractivity contribution in [1.82, 2.24) is 10.3 Å². The summed E-state index contributed by atoms with van der Waals surface area (Å²) in [5.74, 6) is -1.65. The molecule has 0 aliphatic heterocycles. The van der Waals surface area contributed by atoms with Crippen LogP contribution in [0.4, 0.5) is 17.6 Å². The van der Waals surface area contributed by atoms with E-state index in [4.69, 9.17) is 0 Å². The maximum atomic E-state index is 13.1. The Morgan fingerprint density at radius 2 is 1.80 bits per heavy atom. The molecule has 2 aromatic rings. The fourth-order valence-electron chi connectivity index (χ4n) is 3.56. The molecule has 3 rings (SSSR count). The molecule has 1 fully saturated rings. The van der Waals surface area contributed by atoms with Gasteiger partial charge in [0.1, 0.15) is 0 Å². The molecule has 0 atom stereocenters. The standard InChI is InChI=1S/C20H20F4N2O3S/c21-18-10-14(8-9-25-18)19(27)26-16-6-4-13(5-7-16)12-30(28,29)17-3-1-2-15(11-17)20(22,23)24/h1-3,8-11,13,16H,4-7,12H2,(H,26,27)/t13-,16-. The predicted octanol–water partition coefficient (Wildman–Crippen LogP) is 4.00. The Hall–Kier alpha value is -2.49. The van der Waals surface area contributed by atoms with Gasteiger partial charge in [-0.05, 0) is 55.9 Å². The SMILES string of the molecule is O=C(N[C@H]1CC[C@H](CS(=O)(=O)c2cccc(C(F)(F)F)c2)CC1)c1ccnc(F)c1. The lowest BCUT2D eigenvalue weighted by Crippen LogP contribution is -2.38. The second-order valence-corrected chi connectivity index (χ2v) is 9.40. The third-order valence-electron chi connectivity index (χ3n) is 5.15. The fraction of sp³-hybridized carbons (Fsp3) is 0.400. The smallest absolute Gasteiger partial charge is 0.349 e. The molecule has 1 aromatic heterocycles. The van der Waals surface area contributed by atoms with Crippen molar-refractivity contribution in [2.45, 2.75) is 42.8 Å². The second-order valence-electron chi connectivity index (χ2n) is 7.37. The third-order valence-corrected chi connectivity index (χ3v) is 7.03. The lowest BCUT2D eigenvalue weighted by atomic mass is 9.87. The normalized spacial score (nSPS) is 20.0. The molecule has 1 aliphatic carbocycles. The van der Waals surface area contributed by atoms with Gasteiger partial charge in [0.25, 0.3) is 5.91 Å². The van der Waals surface area contributed by atoms with Crippen molar-refractivity contribution in [2.24, 2.45) is 5.92 Å². The first-order valence-electron chi connectivity index (χ1n) is 9.37. The minimum atomic E-state index is -4.61. The molecule has 162 valence electrons. The Kier molecular flexibility index (Phi) is 6.44. The van der Waals surface area contributed by atoms with Crippen LogP contribution < -0.4 is 5.32 Å². The highest BCUT2D eigenvalue weighted by molar-refractivity contribution is 7.91. The molecule has 1 aromatic carbocycles. The lowest BCUT2D eigenvalue weighted by Gasteiger charge is -2.29. The Balaban J connectivity index is 1.57. The average Bonchev–Trinajstić information content (AvgIpc) is 2.69. The van der Waals surface area contributed by atoms with E-state index in [2.05, 4.69) is 10.3 Å².